The van der Waals surface area contributed by atoms with Gasteiger partial charge in [0.2, 0.25) is 17.6 Å². The Morgan fingerprint density at radius 2 is 2.15 bits per heavy atom. The third-order valence-electron chi connectivity index (χ3n) is 4.60. The van der Waals surface area contributed by atoms with Crippen LogP contribution in [0, 0.1) is 12.8 Å². The number of aromatic nitrogens is 2. The van der Waals surface area contributed by atoms with Gasteiger partial charge in [-0.25, -0.2) is 8.42 Å². The highest BCUT2D eigenvalue weighted by Gasteiger charge is 2.27. The Bertz CT molecular complexity index is 876. The molecule has 1 aliphatic heterocycles. The van der Waals surface area contributed by atoms with Crippen molar-refractivity contribution in [2.45, 2.75) is 32.6 Å². The van der Waals surface area contributed by atoms with Crippen molar-refractivity contribution in [1.29, 1.82) is 0 Å². The average molecular weight is 377 g/mol. The van der Waals surface area contributed by atoms with E-state index in [0.717, 1.165) is 30.4 Å². The van der Waals surface area contributed by atoms with Crippen molar-refractivity contribution in [2.24, 2.45) is 5.92 Å². The molecular weight excluding hydrogens is 354 g/mol. The second-order valence-corrected chi connectivity index (χ2v) is 8.99. The summed E-state index contributed by atoms with van der Waals surface area (Å²) in [7, 11) is -2.83. The number of hydrogen-bond acceptors (Lipinski definition) is 6. The van der Waals surface area contributed by atoms with Gasteiger partial charge in [0.1, 0.15) is 6.42 Å². The fraction of sp³-hybridized carbons (Fsp3) is 0.500. The lowest BCUT2D eigenvalue weighted by Gasteiger charge is -2.07. The maximum absolute atomic E-state index is 12.0. The van der Waals surface area contributed by atoms with Crippen LogP contribution in [-0.4, -0.2) is 42.5 Å². The van der Waals surface area contributed by atoms with Crippen LogP contribution in [0.5, 0.6) is 0 Å². The monoisotopic (exact) mass is 377 g/mol. The molecular formula is C18H23N3O4S. The molecule has 2 heterocycles. The third kappa shape index (κ3) is 4.91. The van der Waals surface area contributed by atoms with E-state index in [1.807, 2.05) is 31.2 Å². The molecule has 1 fully saturated rings. The Labute approximate surface area is 153 Å². The molecule has 26 heavy (non-hydrogen) atoms. The van der Waals surface area contributed by atoms with Crippen LogP contribution in [0.4, 0.5) is 0 Å². The van der Waals surface area contributed by atoms with Gasteiger partial charge in [0, 0.05) is 12.1 Å². The molecule has 1 aromatic heterocycles. The highest BCUT2D eigenvalue weighted by Crippen LogP contribution is 2.22. The van der Waals surface area contributed by atoms with Gasteiger partial charge in [-0.15, -0.1) is 0 Å². The minimum Gasteiger partial charge on any atom is -0.356 e. The Balaban J connectivity index is 1.42. The number of sulfone groups is 1. The van der Waals surface area contributed by atoms with Gasteiger partial charge in [0.15, 0.2) is 9.84 Å². The van der Waals surface area contributed by atoms with Crippen LogP contribution >= 0.6 is 0 Å². The average Bonchev–Trinajstić information content (AvgIpc) is 3.18. The molecule has 3 rings (SSSR count). The molecule has 1 aromatic carbocycles. The molecule has 0 aliphatic carbocycles. The smallest absolute Gasteiger partial charge is 0.236 e. The molecule has 1 N–H and O–H groups in total. The topological polar surface area (TPSA) is 102 Å². The van der Waals surface area contributed by atoms with Crippen LogP contribution in [0.3, 0.4) is 0 Å². The lowest BCUT2D eigenvalue weighted by atomic mass is 10.0. The largest absolute Gasteiger partial charge is 0.356 e. The fourth-order valence-electron chi connectivity index (χ4n) is 3.18. The van der Waals surface area contributed by atoms with E-state index in [1.54, 1.807) is 0 Å². The molecule has 1 amide bonds. The molecule has 1 saturated heterocycles. The number of rotatable bonds is 7. The van der Waals surface area contributed by atoms with Crippen LogP contribution < -0.4 is 5.32 Å². The Morgan fingerprint density at radius 1 is 1.35 bits per heavy atom. The lowest BCUT2D eigenvalue weighted by Crippen LogP contribution is -2.26. The van der Waals surface area contributed by atoms with Crippen LogP contribution in [0.1, 0.15) is 30.7 Å². The van der Waals surface area contributed by atoms with E-state index < -0.39 is 9.84 Å². The van der Waals surface area contributed by atoms with Crippen LogP contribution in [0.15, 0.2) is 28.8 Å². The zero-order chi connectivity index (χ0) is 18.6. The highest BCUT2D eigenvalue weighted by atomic mass is 32.2. The number of nitrogens with one attached hydrogen (secondary N) is 1. The third-order valence-corrected chi connectivity index (χ3v) is 6.44. The molecule has 2 aromatic rings. The second kappa shape index (κ2) is 7.99. The zero-order valence-electron chi connectivity index (χ0n) is 14.8. The van der Waals surface area contributed by atoms with Crippen LogP contribution in [0.25, 0.3) is 11.4 Å². The van der Waals surface area contributed by atoms with Crippen molar-refractivity contribution in [3.05, 3.63) is 35.7 Å². The first-order chi connectivity index (χ1) is 12.4. The summed E-state index contributed by atoms with van der Waals surface area (Å²) in [5.41, 5.74) is 1.92. The van der Waals surface area contributed by atoms with Gasteiger partial charge in [-0.05, 0) is 37.7 Å². The molecule has 1 unspecified atom stereocenters. The summed E-state index contributed by atoms with van der Waals surface area (Å²) >= 11 is 0. The summed E-state index contributed by atoms with van der Waals surface area (Å²) in [6.07, 6.45) is 2.36. The van der Waals surface area contributed by atoms with E-state index in [0.29, 0.717) is 18.1 Å². The van der Waals surface area contributed by atoms with Crippen LogP contribution in [0.2, 0.25) is 0 Å². The summed E-state index contributed by atoms with van der Waals surface area (Å²) in [4.78, 5) is 16.3. The first-order valence-corrected chi connectivity index (χ1v) is 10.6. The Kier molecular flexibility index (Phi) is 5.70. The standard InChI is InChI=1S/C18H23N3O4S/c1-13-5-2-3-7-15(13)18-20-17(25-21-18)11-16(22)19-9-4-6-14-8-10-26(23,24)12-14/h2-3,5,7,14H,4,6,8-12H2,1H3,(H,19,22). The van der Waals surface area contributed by atoms with Crippen molar-refractivity contribution in [1.82, 2.24) is 15.5 Å². The second-order valence-electron chi connectivity index (χ2n) is 6.76. The summed E-state index contributed by atoms with van der Waals surface area (Å²) in [6.45, 7) is 2.49. The van der Waals surface area contributed by atoms with E-state index in [2.05, 4.69) is 15.5 Å². The molecule has 0 spiro atoms. The lowest BCUT2D eigenvalue weighted by molar-refractivity contribution is -0.120. The van der Waals surface area contributed by atoms with Crippen molar-refractivity contribution in [3.8, 4) is 11.4 Å². The first kappa shape index (κ1) is 18.6. The minimum absolute atomic E-state index is 0.0384. The Morgan fingerprint density at radius 3 is 2.88 bits per heavy atom. The summed E-state index contributed by atoms with van der Waals surface area (Å²) in [5, 5.41) is 6.76. The molecule has 1 aliphatic rings. The summed E-state index contributed by atoms with van der Waals surface area (Å²) in [6, 6.07) is 7.72. The number of carbonyl (C=O) groups is 1. The van der Waals surface area contributed by atoms with Gasteiger partial charge >= 0.3 is 0 Å². The van der Waals surface area contributed by atoms with Gasteiger partial charge in [-0.3, -0.25) is 4.79 Å². The van der Waals surface area contributed by atoms with E-state index in [9.17, 15) is 13.2 Å². The van der Waals surface area contributed by atoms with Gasteiger partial charge in [-0.2, -0.15) is 4.98 Å². The summed E-state index contributed by atoms with van der Waals surface area (Å²) < 4.78 is 28.0. The summed E-state index contributed by atoms with van der Waals surface area (Å²) in [5.74, 6) is 1.39. The molecule has 7 nitrogen and oxygen atoms in total. The minimum atomic E-state index is -2.83. The van der Waals surface area contributed by atoms with Crippen molar-refractivity contribution in [3.63, 3.8) is 0 Å². The van der Waals surface area contributed by atoms with Gasteiger partial charge in [0.05, 0.1) is 11.5 Å². The van der Waals surface area contributed by atoms with Crippen LogP contribution in [-0.2, 0) is 21.1 Å². The number of carbonyl (C=O) groups excluding carboxylic acids is 1. The predicted octanol–water partition coefficient (Wildman–Crippen LogP) is 1.92. The molecule has 140 valence electrons. The SMILES string of the molecule is Cc1ccccc1-c1noc(CC(=O)NCCCC2CCS(=O)(=O)C2)n1. The molecule has 0 radical (unpaired) electrons. The Hall–Kier alpha value is -2.22. The van der Waals surface area contributed by atoms with E-state index in [-0.39, 0.29) is 29.9 Å². The van der Waals surface area contributed by atoms with E-state index >= 15 is 0 Å². The van der Waals surface area contributed by atoms with E-state index in [4.69, 9.17) is 4.52 Å². The number of nitrogens with zero attached hydrogens (tertiary/aromatic N) is 2. The number of amides is 1. The van der Waals surface area contributed by atoms with Crippen molar-refractivity contribution < 1.29 is 17.7 Å². The van der Waals surface area contributed by atoms with E-state index in [1.165, 1.54) is 0 Å². The molecule has 8 heteroatoms. The maximum atomic E-state index is 12.0. The van der Waals surface area contributed by atoms with Crippen molar-refractivity contribution >= 4 is 15.7 Å². The maximum Gasteiger partial charge on any atom is 0.236 e. The van der Waals surface area contributed by atoms with Crippen molar-refractivity contribution in [2.75, 3.05) is 18.1 Å². The number of hydrogen-bond donors (Lipinski definition) is 1. The number of aryl methyl sites for hydroxylation is 1. The quantitative estimate of drug-likeness (QED) is 0.740. The highest BCUT2D eigenvalue weighted by molar-refractivity contribution is 7.91. The fourth-order valence-corrected chi connectivity index (χ4v) is 5.09. The predicted molar refractivity (Wildman–Crippen MR) is 97.2 cm³/mol. The molecule has 1 atom stereocenters. The van der Waals surface area contributed by atoms with Gasteiger partial charge in [-0.1, -0.05) is 29.4 Å². The normalized spacial score (nSPS) is 18.7. The van der Waals surface area contributed by atoms with Gasteiger partial charge < -0.3 is 9.84 Å². The molecule has 0 saturated carbocycles. The van der Waals surface area contributed by atoms with Gasteiger partial charge in [0.25, 0.3) is 0 Å². The first-order valence-electron chi connectivity index (χ1n) is 8.79. The zero-order valence-corrected chi connectivity index (χ0v) is 15.6. The molecule has 0 bridgehead atoms. The number of benzene rings is 1.